The summed E-state index contributed by atoms with van der Waals surface area (Å²) in [7, 11) is 2.08. The van der Waals surface area contributed by atoms with Crippen molar-refractivity contribution in [3.8, 4) is 11.3 Å². The topological polar surface area (TPSA) is 21.4 Å². The highest BCUT2D eigenvalue weighted by molar-refractivity contribution is 6.13. The number of nitrogens with zero attached hydrogens (tertiary/aromatic N) is 2. The molecule has 0 radical (unpaired) electrons. The van der Waals surface area contributed by atoms with E-state index in [9.17, 15) is 0 Å². The molecule has 4 rings (SSSR count). The molecule has 0 aliphatic rings. The quantitative estimate of drug-likeness (QED) is 0.314. The minimum atomic E-state index is 0.574. The minimum Gasteiger partial charge on any atom is -0.466 e. The van der Waals surface area contributed by atoms with E-state index in [2.05, 4.69) is 67.6 Å². The number of hydrogen-bond donors (Lipinski definition) is 0. The average molecular weight is 341 g/mol. The smallest absolute Gasteiger partial charge is 0.229 e. The van der Waals surface area contributed by atoms with Crippen molar-refractivity contribution < 1.29 is 8.98 Å². The Balaban J connectivity index is 2.20. The van der Waals surface area contributed by atoms with Crippen LogP contribution in [-0.2, 0) is 7.05 Å². The van der Waals surface area contributed by atoms with Gasteiger partial charge in [0.15, 0.2) is 5.69 Å². The number of hydrogen-bond acceptors (Lipinski definition) is 1. The SMILES string of the molecule is [C-]#[N+]c1cc(C)cc2c1oc1c(-c3cc(C)cc(C)[n+]3C)c(C)ccc12. The lowest BCUT2D eigenvalue weighted by atomic mass is 9.99. The molecule has 26 heavy (non-hydrogen) atoms. The van der Waals surface area contributed by atoms with Gasteiger partial charge in [-0.25, -0.2) is 4.85 Å². The van der Waals surface area contributed by atoms with Gasteiger partial charge in [0.25, 0.3) is 0 Å². The number of pyridine rings is 1. The summed E-state index contributed by atoms with van der Waals surface area (Å²) in [5.74, 6) is 0. The minimum absolute atomic E-state index is 0.574. The highest BCUT2D eigenvalue weighted by atomic mass is 16.3. The second-order valence-corrected chi connectivity index (χ2v) is 7.13. The van der Waals surface area contributed by atoms with Crippen molar-refractivity contribution in [3.05, 3.63) is 70.2 Å². The predicted octanol–water partition coefficient (Wildman–Crippen LogP) is 5.86. The molecule has 128 valence electrons. The number of benzene rings is 2. The number of aromatic nitrogens is 1. The van der Waals surface area contributed by atoms with Gasteiger partial charge < -0.3 is 4.42 Å². The molecular weight excluding hydrogens is 320 g/mol. The molecule has 3 heteroatoms. The molecule has 0 aliphatic carbocycles. The van der Waals surface area contributed by atoms with Crippen LogP contribution in [0.25, 0.3) is 38.0 Å². The Hall–Kier alpha value is -3.12. The molecule has 2 heterocycles. The zero-order valence-electron chi connectivity index (χ0n) is 15.8. The molecule has 3 nitrogen and oxygen atoms in total. The van der Waals surface area contributed by atoms with Crippen molar-refractivity contribution >= 4 is 27.6 Å². The molecular formula is C23H21N2O+. The summed E-state index contributed by atoms with van der Waals surface area (Å²) in [6, 6.07) is 12.6. The molecule has 2 aromatic carbocycles. The zero-order valence-corrected chi connectivity index (χ0v) is 15.8. The van der Waals surface area contributed by atoms with Crippen molar-refractivity contribution in [2.75, 3.05) is 0 Å². The molecule has 4 aromatic rings. The lowest BCUT2D eigenvalue weighted by Gasteiger charge is -2.08. The van der Waals surface area contributed by atoms with Crippen molar-refractivity contribution in [2.24, 2.45) is 7.05 Å². The number of aryl methyl sites for hydroxylation is 4. The monoisotopic (exact) mass is 341 g/mol. The Kier molecular flexibility index (Phi) is 3.59. The first kappa shape index (κ1) is 16.4. The highest BCUT2D eigenvalue weighted by Crippen LogP contribution is 2.40. The normalized spacial score (nSPS) is 11.2. The Morgan fingerprint density at radius 1 is 0.885 bits per heavy atom. The standard InChI is InChI=1S/C23H21N2O/c1-13-9-16(4)25(6)20(12-13)21-15(3)7-8-17-18-10-14(2)11-19(24-5)22(18)26-23(17)21/h7-12H,1-4,6H3/q+1. The Labute approximate surface area is 153 Å². The second kappa shape index (κ2) is 5.71. The molecule has 0 saturated carbocycles. The first-order chi connectivity index (χ1) is 12.4. The fourth-order valence-electron chi connectivity index (χ4n) is 3.77. The van der Waals surface area contributed by atoms with Crippen molar-refractivity contribution in [1.29, 1.82) is 0 Å². The maximum Gasteiger partial charge on any atom is 0.229 e. The fourth-order valence-corrected chi connectivity index (χ4v) is 3.77. The van der Waals surface area contributed by atoms with Crippen LogP contribution in [0.15, 0.2) is 40.8 Å². The third-order valence-electron chi connectivity index (χ3n) is 5.14. The van der Waals surface area contributed by atoms with Crippen LogP contribution in [0.2, 0.25) is 0 Å². The molecule has 0 aliphatic heterocycles. The summed E-state index contributed by atoms with van der Waals surface area (Å²) in [4.78, 5) is 3.68. The maximum absolute atomic E-state index is 7.51. The van der Waals surface area contributed by atoms with Crippen LogP contribution in [0.1, 0.15) is 22.4 Å². The maximum atomic E-state index is 7.51. The van der Waals surface area contributed by atoms with Crippen LogP contribution in [0.4, 0.5) is 5.69 Å². The predicted molar refractivity (Wildman–Crippen MR) is 106 cm³/mol. The van der Waals surface area contributed by atoms with Crippen molar-refractivity contribution in [3.63, 3.8) is 0 Å². The van der Waals surface area contributed by atoms with Crippen LogP contribution in [-0.4, -0.2) is 0 Å². The van der Waals surface area contributed by atoms with Gasteiger partial charge in [-0.05, 0) is 38.0 Å². The van der Waals surface area contributed by atoms with Gasteiger partial charge in [0.1, 0.15) is 18.2 Å². The second-order valence-electron chi connectivity index (χ2n) is 7.13. The molecule has 0 amide bonds. The third-order valence-corrected chi connectivity index (χ3v) is 5.14. The first-order valence-electron chi connectivity index (χ1n) is 8.72. The summed E-state index contributed by atoms with van der Waals surface area (Å²) in [5, 5.41) is 2.08. The van der Waals surface area contributed by atoms with E-state index < -0.39 is 0 Å². The van der Waals surface area contributed by atoms with Gasteiger partial charge in [0.2, 0.25) is 11.4 Å². The van der Waals surface area contributed by atoms with Crippen LogP contribution in [0.3, 0.4) is 0 Å². The average Bonchev–Trinajstić information content (AvgIpc) is 2.96. The van der Waals surface area contributed by atoms with Gasteiger partial charge >= 0.3 is 0 Å². The van der Waals surface area contributed by atoms with Gasteiger partial charge in [-0.1, -0.05) is 23.8 Å². The Bertz CT molecular complexity index is 1240. The molecule has 0 bridgehead atoms. The molecule has 0 spiro atoms. The fraction of sp³-hybridized carbons (Fsp3) is 0.217. The van der Waals surface area contributed by atoms with E-state index in [4.69, 9.17) is 11.0 Å². The van der Waals surface area contributed by atoms with E-state index in [-0.39, 0.29) is 0 Å². The molecule has 0 unspecified atom stereocenters. The lowest BCUT2D eigenvalue weighted by Crippen LogP contribution is -2.35. The van der Waals surface area contributed by atoms with E-state index in [1.807, 2.05) is 13.0 Å². The van der Waals surface area contributed by atoms with E-state index in [1.54, 1.807) is 0 Å². The van der Waals surface area contributed by atoms with E-state index >= 15 is 0 Å². The largest absolute Gasteiger partial charge is 0.466 e. The van der Waals surface area contributed by atoms with Gasteiger partial charge in [-0.15, -0.1) is 0 Å². The zero-order chi connectivity index (χ0) is 18.6. The summed E-state index contributed by atoms with van der Waals surface area (Å²) in [6.07, 6.45) is 0. The third kappa shape index (κ3) is 2.30. The molecule has 2 aromatic heterocycles. The van der Waals surface area contributed by atoms with Crippen molar-refractivity contribution in [2.45, 2.75) is 27.7 Å². The van der Waals surface area contributed by atoms with Crippen LogP contribution in [0, 0.1) is 34.3 Å². The molecule has 0 atom stereocenters. The molecule has 0 saturated heterocycles. The summed E-state index contributed by atoms with van der Waals surface area (Å²) >= 11 is 0. The van der Waals surface area contributed by atoms with E-state index in [0.717, 1.165) is 33.2 Å². The number of rotatable bonds is 1. The summed E-state index contributed by atoms with van der Waals surface area (Å²) < 4.78 is 8.50. The highest BCUT2D eigenvalue weighted by Gasteiger charge is 2.22. The number of furan rings is 1. The van der Waals surface area contributed by atoms with E-state index in [1.165, 1.54) is 16.8 Å². The van der Waals surface area contributed by atoms with Crippen LogP contribution >= 0.6 is 0 Å². The van der Waals surface area contributed by atoms with Crippen LogP contribution < -0.4 is 4.57 Å². The van der Waals surface area contributed by atoms with Gasteiger partial charge in [0, 0.05) is 29.8 Å². The Morgan fingerprint density at radius 3 is 2.35 bits per heavy atom. The molecule has 0 N–H and O–H groups in total. The first-order valence-corrected chi connectivity index (χ1v) is 8.72. The summed E-state index contributed by atoms with van der Waals surface area (Å²) in [6.45, 7) is 15.9. The summed E-state index contributed by atoms with van der Waals surface area (Å²) in [5.41, 5.74) is 9.00. The van der Waals surface area contributed by atoms with Gasteiger partial charge in [-0.2, -0.15) is 4.57 Å². The van der Waals surface area contributed by atoms with Crippen molar-refractivity contribution in [1.82, 2.24) is 0 Å². The van der Waals surface area contributed by atoms with E-state index in [0.29, 0.717) is 11.3 Å². The van der Waals surface area contributed by atoms with Gasteiger partial charge in [0.05, 0.1) is 12.1 Å². The van der Waals surface area contributed by atoms with Gasteiger partial charge in [-0.3, -0.25) is 0 Å². The lowest BCUT2D eigenvalue weighted by molar-refractivity contribution is -0.666. The molecule has 0 fully saturated rings. The van der Waals surface area contributed by atoms with Crippen LogP contribution in [0.5, 0.6) is 0 Å². The Morgan fingerprint density at radius 2 is 1.62 bits per heavy atom. The number of fused-ring (bicyclic) bond motifs is 3.